The van der Waals surface area contributed by atoms with Crippen molar-refractivity contribution in [2.45, 2.75) is 19.4 Å². The summed E-state index contributed by atoms with van der Waals surface area (Å²) in [5, 5.41) is 0.591. The van der Waals surface area contributed by atoms with Crippen LogP contribution in [0.25, 0.3) is 22.6 Å². The molecule has 0 amide bonds. The van der Waals surface area contributed by atoms with Crippen molar-refractivity contribution in [1.82, 2.24) is 9.55 Å². The molecule has 6 nitrogen and oxygen atoms in total. The lowest BCUT2D eigenvalue weighted by molar-refractivity contribution is 0.354. The molecule has 0 spiro atoms. The number of benzene rings is 2. The van der Waals surface area contributed by atoms with Crippen LogP contribution in [0.3, 0.4) is 0 Å². The third kappa shape index (κ3) is 2.93. The minimum absolute atomic E-state index is 0.0294. The lowest BCUT2D eigenvalue weighted by atomic mass is 10.0. The second kappa shape index (κ2) is 6.79. The van der Waals surface area contributed by atoms with Crippen molar-refractivity contribution in [3.8, 4) is 11.5 Å². The van der Waals surface area contributed by atoms with E-state index >= 15 is 0 Å². The topological polar surface area (TPSA) is 79.4 Å². The maximum Gasteiger partial charge on any atom is 0.261 e. The van der Waals surface area contributed by atoms with Crippen LogP contribution in [-0.2, 0) is 6.54 Å². The van der Waals surface area contributed by atoms with Crippen molar-refractivity contribution in [3.05, 3.63) is 58.1 Å². The fourth-order valence-corrected chi connectivity index (χ4v) is 3.58. The average molecular weight is 363 g/mol. The first-order valence-electron chi connectivity index (χ1n) is 8.84. The van der Waals surface area contributed by atoms with Gasteiger partial charge in [-0.25, -0.2) is 4.98 Å². The molecule has 2 N–H and O–H groups in total. The van der Waals surface area contributed by atoms with Crippen LogP contribution in [0.2, 0.25) is 0 Å². The Morgan fingerprint density at radius 1 is 1.19 bits per heavy atom. The first-order valence-corrected chi connectivity index (χ1v) is 8.84. The van der Waals surface area contributed by atoms with Gasteiger partial charge < -0.3 is 15.2 Å². The van der Waals surface area contributed by atoms with Crippen LogP contribution in [0.15, 0.2) is 41.2 Å². The second-order valence-corrected chi connectivity index (χ2v) is 6.52. The fraction of sp³-hybridized carbons (Fsp3) is 0.238. The quantitative estimate of drug-likeness (QED) is 0.722. The maximum atomic E-state index is 12.9. The summed E-state index contributed by atoms with van der Waals surface area (Å²) in [4.78, 5) is 17.7. The fourth-order valence-electron chi connectivity index (χ4n) is 3.58. The summed E-state index contributed by atoms with van der Waals surface area (Å²) >= 11 is 0. The monoisotopic (exact) mass is 363 g/mol. The van der Waals surface area contributed by atoms with Crippen molar-refractivity contribution in [2.24, 2.45) is 0 Å². The molecule has 0 fully saturated rings. The molecule has 0 saturated carbocycles. The number of fused-ring (bicyclic) bond motifs is 2. The molecule has 1 aromatic heterocycles. The van der Waals surface area contributed by atoms with Crippen LogP contribution in [0.4, 0.5) is 5.69 Å². The summed E-state index contributed by atoms with van der Waals surface area (Å²) in [6.45, 7) is 0.661. The highest BCUT2D eigenvalue weighted by atomic mass is 16.5. The lowest BCUT2D eigenvalue weighted by Crippen LogP contribution is -2.27. The third-order valence-corrected chi connectivity index (χ3v) is 4.86. The maximum absolute atomic E-state index is 12.9. The molecule has 1 aliphatic heterocycles. The molecule has 0 radical (unpaired) electrons. The van der Waals surface area contributed by atoms with E-state index in [9.17, 15) is 4.79 Å². The summed E-state index contributed by atoms with van der Waals surface area (Å²) in [7, 11) is 3.23. The Morgan fingerprint density at radius 3 is 2.81 bits per heavy atom. The van der Waals surface area contributed by atoms with Crippen molar-refractivity contribution >= 4 is 28.2 Å². The van der Waals surface area contributed by atoms with Crippen LogP contribution in [0.5, 0.6) is 11.5 Å². The summed E-state index contributed by atoms with van der Waals surface area (Å²) in [5.41, 5.74) is 8.95. The van der Waals surface area contributed by atoms with Gasteiger partial charge in [0.15, 0.2) is 11.5 Å². The highest BCUT2D eigenvalue weighted by Crippen LogP contribution is 2.35. The van der Waals surface area contributed by atoms with Gasteiger partial charge in [-0.1, -0.05) is 12.1 Å². The third-order valence-electron chi connectivity index (χ3n) is 4.86. The number of anilines is 1. The van der Waals surface area contributed by atoms with Gasteiger partial charge in [0.2, 0.25) is 0 Å². The van der Waals surface area contributed by atoms with Gasteiger partial charge in [0.05, 0.1) is 25.1 Å². The molecular weight excluding hydrogens is 342 g/mol. The standard InChI is InChI=1S/C21H21N3O3/c1-26-18-7-3-5-13(19(18)27-2)11-14-6-4-10-24-20(14)23-17-12-15(22)8-9-16(17)21(24)25/h3,5,7-9,11-12H,4,6,10,22H2,1-2H3/b14-11-. The number of ether oxygens (including phenoxy) is 2. The molecule has 6 heteroatoms. The van der Waals surface area contributed by atoms with Gasteiger partial charge in [0.25, 0.3) is 5.56 Å². The Morgan fingerprint density at radius 2 is 2.04 bits per heavy atom. The Labute approximate surface area is 156 Å². The minimum atomic E-state index is -0.0294. The first kappa shape index (κ1) is 17.1. The van der Waals surface area contributed by atoms with E-state index in [1.807, 2.05) is 24.3 Å². The molecule has 27 heavy (non-hydrogen) atoms. The molecule has 0 unspecified atom stereocenters. The number of allylic oxidation sites excluding steroid dienone is 1. The molecule has 138 valence electrons. The zero-order chi connectivity index (χ0) is 19.0. The number of hydrogen-bond donors (Lipinski definition) is 1. The SMILES string of the molecule is COc1cccc(/C=C2/CCCn3c2nc2cc(N)ccc2c3=O)c1OC. The first-order chi connectivity index (χ1) is 13.1. The normalized spacial score (nSPS) is 15.0. The van der Waals surface area contributed by atoms with E-state index in [0.29, 0.717) is 40.5 Å². The highest BCUT2D eigenvalue weighted by Gasteiger charge is 2.20. The summed E-state index contributed by atoms with van der Waals surface area (Å²) in [6, 6.07) is 11.0. The van der Waals surface area contributed by atoms with Gasteiger partial charge in [0.1, 0.15) is 5.82 Å². The largest absolute Gasteiger partial charge is 0.493 e. The zero-order valence-electron chi connectivity index (χ0n) is 15.4. The van der Waals surface area contributed by atoms with E-state index in [4.69, 9.17) is 20.2 Å². The zero-order valence-corrected chi connectivity index (χ0v) is 15.4. The van der Waals surface area contributed by atoms with Crippen LogP contribution in [-0.4, -0.2) is 23.8 Å². The molecule has 2 aromatic carbocycles. The van der Waals surface area contributed by atoms with Crippen molar-refractivity contribution in [1.29, 1.82) is 0 Å². The highest BCUT2D eigenvalue weighted by molar-refractivity contribution is 5.86. The Kier molecular flexibility index (Phi) is 4.32. The van der Waals surface area contributed by atoms with Gasteiger partial charge in [-0.3, -0.25) is 9.36 Å². The van der Waals surface area contributed by atoms with E-state index in [0.717, 1.165) is 24.0 Å². The minimum Gasteiger partial charge on any atom is -0.493 e. The molecule has 3 aromatic rings. The molecule has 0 bridgehead atoms. The lowest BCUT2D eigenvalue weighted by Gasteiger charge is -2.21. The summed E-state index contributed by atoms with van der Waals surface area (Å²) in [6.07, 6.45) is 3.74. The van der Waals surface area contributed by atoms with Crippen molar-refractivity contribution in [3.63, 3.8) is 0 Å². The summed E-state index contributed by atoms with van der Waals surface area (Å²) in [5.74, 6) is 2.02. The molecule has 4 rings (SSSR count). The summed E-state index contributed by atoms with van der Waals surface area (Å²) < 4.78 is 12.7. The predicted octanol–water partition coefficient (Wildman–Crippen LogP) is 3.33. The number of nitrogens with two attached hydrogens (primary N) is 1. The molecule has 0 aliphatic carbocycles. The number of para-hydroxylation sites is 1. The average Bonchev–Trinajstić information content (AvgIpc) is 2.68. The van der Waals surface area contributed by atoms with Gasteiger partial charge in [0, 0.05) is 17.8 Å². The smallest absolute Gasteiger partial charge is 0.261 e. The van der Waals surface area contributed by atoms with Crippen LogP contribution in [0, 0.1) is 0 Å². The second-order valence-electron chi connectivity index (χ2n) is 6.52. The molecule has 2 heterocycles. The van der Waals surface area contributed by atoms with E-state index in [-0.39, 0.29) is 5.56 Å². The Hall–Kier alpha value is -3.28. The number of nitrogens with zero attached hydrogens (tertiary/aromatic N) is 2. The van der Waals surface area contributed by atoms with Gasteiger partial charge in [-0.2, -0.15) is 0 Å². The molecule has 0 saturated heterocycles. The van der Waals surface area contributed by atoms with Crippen molar-refractivity contribution in [2.75, 3.05) is 20.0 Å². The van der Waals surface area contributed by atoms with Gasteiger partial charge >= 0.3 is 0 Å². The molecule has 1 aliphatic rings. The molecule has 0 atom stereocenters. The number of methoxy groups -OCH3 is 2. The van der Waals surface area contributed by atoms with E-state index in [1.54, 1.807) is 37.0 Å². The van der Waals surface area contributed by atoms with Gasteiger partial charge in [-0.15, -0.1) is 0 Å². The van der Waals surface area contributed by atoms with Gasteiger partial charge in [-0.05, 0) is 48.8 Å². The van der Waals surface area contributed by atoms with Crippen LogP contribution in [0.1, 0.15) is 24.2 Å². The van der Waals surface area contributed by atoms with E-state index in [1.165, 1.54) is 0 Å². The number of rotatable bonds is 3. The van der Waals surface area contributed by atoms with Crippen LogP contribution >= 0.6 is 0 Å². The number of hydrogen-bond acceptors (Lipinski definition) is 5. The Balaban J connectivity index is 1.93. The van der Waals surface area contributed by atoms with Crippen LogP contribution < -0.4 is 20.8 Å². The van der Waals surface area contributed by atoms with E-state index in [2.05, 4.69) is 0 Å². The number of nitrogen functional groups attached to an aromatic ring is 1. The van der Waals surface area contributed by atoms with Crippen molar-refractivity contribution < 1.29 is 9.47 Å². The Bertz CT molecular complexity index is 1120. The molecular formula is C21H21N3O3. The number of aromatic nitrogens is 2. The predicted molar refractivity (Wildman–Crippen MR) is 107 cm³/mol. The van der Waals surface area contributed by atoms with E-state index < -0.39 is 0 Å².